The average Bonchev–Trinajstić information content (AvgIpc) is 2.38. The van der Waals surface area contributed by atoms with E-state index < -0.39 is 0 Å². The van der Waals surface area contributed by atoms with Crippen molar-refractivity contribution in [2.45, 2.75) is 0 Å². The molecule has 0 aliphatic carbocycles. The molecule has 0 unspecified atom stereocenters. The van der Waals surface area contributed by atoms with Crippen molar-refractivity contribution in [2.75, 3.05) is 14.2 Å². The van der Waals surface area contributed by atoms with Crippen LogP contribution < -0.4 is 9.47 Å². The van der Waals surface area contributed by atoms with Gasteiger partial charge in [-0.1, -0.05) is 18.2 Å². The fourth-order valence-corrected chi connectivity index (χ4v) is 1.65. The predicted molar refractivity (Wildman–Crippen MR) is 64.9 cm³/mol. The van der Waals surface area contributed by atoms with E-state index in [2.05, 4.69) is 0 Å². The van der Waals surface area contributed by atoms with E-state index in [1.54, 1.807) is 13.2 Å². The molecule has 0 saturated heterocycles. The summed E-state index contributed by atoms with van der Waals surface area (Å²) in [5, 5.41) is 0. The summed E-state index contributed by atoms with van der Waals surface area (Å²) in [6, 6.07) is 12.4. The van der Waals surface area contributed by atoms with Crippen LogP contribution in [-0.2, 0) is 0 Å². The summed E-state index contributed by atoms with van der Waals surface area (Å²) in [5.74, 6) is 0.628. The Balaban J connectivity index is 2.42. The Bertz CT molecular complexity index is 523. The maximum absolute atomic E-state index is 13.6. The van der Waals surface area contributed by atoms with Crippen LogP contribution in [0.15, 0.2) is 42.5 Å². The molecular weight excluding hydrogens is 219 g/mol. The molecule has 0 heterocycles. The van der Waals surface area contributed by atoms with Crippen molar-refractivity contribution >= 4 is 0 Å². The quantitative estimate of drug-likeness (QED) is 0.806. The summed E-state index contributed by atoms with van der Waals surface area (Å²) in [7, 11) is 3.05. The second kappa shape index (κ2) is 4.87. The van der Waals surface area contributed by atoms with Gasteiger partial charge >= 0.3 is 0 Å². The molecule has 0 aliphatic rings. The minimum Gasteiger partial charge on any atom is -0.497 e. The third kappa shape index (κ3) is 2.38. The van der Waals surface area contributed by atoms with E-state index in [0.29, 0.717) is 0 Å². The largest absolute Gasteiger partial charge is 0.497 e. The van der Waals surface area contributed by atoms with Crippen LogP contribution in [0, 0.1) is 5.82 Å². The summed E-state index contributed by atoms with van der Waals surface area (Å²) in [6.07, 6.45) is 0. The Morgan fingerprint density at radius 3 is 2.29 bits per heavy atom. The van der Waals surface area contributed by atoms with Crippen LogP contribution in [0.3, 0.4) is 0 Å². The van der Waals surface area contributed by atoms with Gasteiger partial charge in [-0.05, 0) is 35.4 Å². The molecule has 17 heavy (non-hydrogen) atoms. The van der Waals surface area contributed by atoms with Crippen LogP contribution in [0.4, 0.5) is 4.39 Å². The zero-order valence-electron chi connectivity index (χ0n) is 9.74. The molecule has 0 bridgehead atoms. The number of ether oxygens (including phenoxy) is 2. The molecule has 2 aromatic rings. The molecular formula is C14H13FO2. The second-order valence-corrected chi connectivity index (χ2v) is 3.58. The number of hydrogen-bond donors (Lipinski definition) is 0. The van der Waals surface area contributed by atoms with Gasteiger partial charge in [0.2, 0.25) is 0 Å². The Kier molecular flexibility index (Phi) is 3.28. The minimum absolute atomic E-state index is 0.247. The first-order valence-corrected chi connectivity index (χ1v) is 5.22. The first-order chi connectivity index (χ1) is 8.24. The van der Waals surface area contributed by atoms with Gasteiger partial charge in [0.25, 0.3) is 0 Å². The van der Waals surface area contributed by atoms with Crippen molar-refractivity contribution in [3.05, 3.63) is 48.3 Å². The molecule has 88 valence electrons. The van der Waals surface area contributed by atoms with Gasteiger partial charge in [-0.3, -0.25) is 0 Å². The summed E-state index contributed by atoms with van der Waals surface area (Å²) >= 11 is 0. The average molecular weight is 232 g/mol. The van der Waals surface area contributed by atoms with Crippen LogP contribution in [0.25, 0.3) is 11.1 Å². The number of rotatable bonds is 3. The molecule has 3 heteroatoms. The van der Waals surface area contributed by atoms with Gasteiger partial charge in [-0.2, -0.15) is 0 Å². The van der Waals surface area contributed by atoms with Crippen LogP contribution in [0.1, 0.15) is 0 Å². The van der Waals surface area contributed by atoms with Crippen LogP contribution in [0.2, 0.25) is 0 Å². The lowest BCUT2D eigenvalue weighted by atomic mass is 10.1. The topological polar surface area (TPSA) is 18.5 Å². The molecule has 0 radical (unpaired) electrons. The molecule has 0 aromatic heterocycles. The molecule has 0 N–H and O–H groups in total. The molecule has 0 atom stereocenters. The van der Waals surface area contributed by atoms with Gasteiger partial charge in [-0.15, -0.1) is 0 Å². The Labute approximate surface area is 99.6 Å². The van der Waals surface area contributed by atoms with E-state index in [1.165, 1.54) is 13.2 Å². The SMILES string of the molecule is COc1cccc(-c2ccc(OC)c(F)c2)c1. The van der Waals surface area contributed by atoms with Gasteiger partial charge in [0.15, 0.2) is 11.6 Å². The zero-order chi connectivity index (χ0) is 12.3. The van der Waals surface area contributed by atoms with Crippen molar-refractivity contribution in [1.82, 2.24) is 0 Å². The highest BCUT2D eigenvalue weighted by Crippen LogP contribution is 2.27. The lowest BCUT2D eigenvalue weighted by Crippen LogP contribution is -1.89. The first-order valence-electron chi connectivity index (χ1n) is 5.22. The minimum atomic E-state index is -0.368. The standard InChI is InChI=1S/C14H13FO2/c1-16-12-5-3-4-10(8-12)11-6-7-14(17-2)13(15)9-11/h3-9H,1-2H3. The summed E-state index contributed by atoms with van der Waals surface area (Å²) in [5.41, 5.74) is 1.70. The van der Waals surface area contributed by atoms with Crippen LogP contribution in [0.5, 0.6) is 11.5 Å². The van der Waals surface area contributed by atoms with Crippen molar-refractivity contribution < 1.29 is 13.9 Å². The summed E-state index contributed by atoms with van der Waals surface area (Å²) in [6.45, 7) is 0. The molecule has 2 aromatic carbocycles. The van der Waals surface area contributed by atoms with Crippen LogP contribution in [-0.4, -0.2) is 14.2 Å². The number of methoxy groups -OCH3 is 2. The highest BCUT2D eigenvalue weighted by molar-refractivity contribution is 5.66. The van der Waals surface area contributed by atoms with Gasteiger partial charge in [0.1, 0.15) is 5.75 Å². The molecule has 0 saturated carbocycles. The van der Waals surface area contributed by atoms with Crippen molar-refractivity contribution in [3.8, 4) is 22.6 Å². The number of hydrogen-bond acceptors (Lipinski definition) is 2. The fourth-order valence-electron chi connectivity index (χ4n) is 1.65. The maximum atomic E-state index is 13.6. The van der Waals surface area contributed by atoms with Gasteiger partial charge in [0.05, 0.1) is 14.2 Å². The van der Waals surface area contributed by atoms with Crippen molar-refractivity contribution in [3.63, 3.8) is 0 Å². The summed E-state index contributed by atoms with van der Waals surface area (Å²) in [4.78, 5) is 0. The highest BCUT2D eigenvalue weighted by atomic mass is 19.1. The predicted octanol–water partition coefficient (Wildman–Crippen LogP) is 3.51. The molecule has 0 spiro atoms. The molecule has 0 fully saturated rings. The second-order valence-electron chi connectivity index (χ2n) is 3.58. The number of benzene rings is 2. The normalized spacial score (nSPS) is 10.1. The van der Waals surface area contributed by atoms with Crippen molar-refractivity contribution in [2.24, 2.45) is 0 Å². The van der Waals surface area contributed by atoms with Crippen molar-refractivity contribution in [1.29, 1.82) is 0 Å². The van der Waals surface area contributed by atoms with E-state index in [-0.39, 0.29) is 11.6 Å². The van der Waals surface area contributed by atoms with Crippen LogP contribution >= 0.6 is 0 Å². The maximum Gasteiger partial charge on any atom is 0.165 e. The zero-order valence-corrected chi connectivity index (χ0v) is 9.74. The fraction of sp³-hybridized carbons (Fsp3) is 0.143. The highest BCUT2D eigenvalue weighted by Gasteiger charge is 2.05. The van der Waals surface area contributed by atoms with Gasteiger partial charge in [0, 0.05) is 0 Å². The molecule has 0 aliphatic heterocycles. The molecule has 2 rings (SSSR count). The Morgan fingerprint density at radius 1 is 0.882 bits per heavy atom. The van der Waals surface area contributed by atoms with E-state index in [0.717, 1.165) is 16.9 Å². The van der Waals surface area contributed by atoms with E-state index in [9.17, 15) is 4.39 Å². The third-order valence-electron chi connectivity index (χ3n) is 2.55. The molecule has 0 amide bonds. The molecule has 2 nitrogen and oxygen atoms in total. The summed E-state index contributed by atoms with van der Waals surface area (Å²) < 4.78 is 23.6. The first kappa shape index (κ1) is 11.5. The van der Waals surface area contributed by atoms with E-state index >= 15 is 0 Å². The lowest BCUT2D eigenvalue weighted by Gasteiger charge is -2.07. The van der Waals surface area contributed by atoms with Gasteiger partial charge in [-0.25, -0.2) is 4.39 Å². The monoisotopic (exact) mass is 232 g/mol. The Hall–Kier alpha value is -2.03. The third-order valence-corrected chi connectivity index (χ3v) is 2.55. The van der Waals surface area contributed by atoms with Gasteiger partial charge < -0.3 is 9.47 Å². The number of halogens is 1. The van der Waals surface area contributed by atoms with E-state index in [1.807, 2.05) is 30.3 Å². The Morgan fingerprint density at radius 2 is 1.65 bits per heavy atom. The lowest BCUT2D eigenvalue weighted by molar-refractivity contribution is 0.386. The smallest absolute Gasteiger partial charge is 0.165 e. The van der Waals surface area contributed by atoms with E-state index in [4.69, 9.17) is 9.47 Å².